The van der Waals surface area contributed by atoms with Crippen LogP contribution in [0.25, 0.3) is 10.2 Å². The molecule has 0 aliphatic rings. The standard InChI is InChI=1S/C17H19N5O4S3/c1-7-11-14(26-4)20-10(5-25-3)21-15(11)28-12(7)13(24)22-17-19-8(2)16(29-17)27-6-9(18)23/h5-6H2,1-4H3,(H2,18,23)(H,19,22,24). The fourth-order valence-electron chi connectivity index (χ4n) is 2.56. The molecule has 0 saturated heterocycles. The zero-order valence-corrected chi connectivity index (χ0v) is 18.6. The highest BCUT2D eigenvalue weighted by Crippen LogP contribution is 2.36. The van der Waals surface area contributed by atoms with Crippen molar-refractivity contribution >= 4 is 61.6 Å². The molecule has 3 N–H and O–H groups in total. The van der Waals surface area contributed by atoms with Crippen molar-refractivity contribution in [1.29, 1.82) is 0 Å². The molecule has 0 unspecified atom stereocenters. The Morgan fingerprint density at radius 3 is 2.59 bits per heavy atom. The molecule has 3 heterocycles. The number of methoxy groups -OCH3 is 2. The normalized spacial score (nSPS) is 11.0. The van der Waals surface area contributed by atoms with Crippen LogP contribution in [0.15, 0.2) is 4.21 Å². The van der Waals surface area contributed by atoms with Crippen LogP contribution in [-0.4, -0.2) is 46.7 Å². The minimum Gasteiger partial charge on any atom is -0.480 e. The van der Waals surface area contributed by atoms with E-state index in [1.807, 2.05) is 13.8 Å². The van der Waals surface area contributed by atoms with E-state index in [1.54, 1.807) is 7.11 Å². The van der Waals surface area contributed by atoms with Gasteiger partial charge in [-0.25, -0.2) is 9.97 Å². The van der Waals surface area contributed by atoms with Crippen LogP contribution in [0.2, 0.25) is 0 Å². The molecule has 29 heavy (non-hydrogen) atoms. The molecule has 0 aliphatic heterocycles. The van der Waals surface area contributed by atoms with E-state index < -0.39 is 5.91 Å². The summed E-state index contributed by atoms with van der Waals surface area (Å²) in [5.41, 5.74) is 6.66. The van der Waals surface area contributed by atoms with Gasteiger partial charge in [-0.15, -0.1) is 23.1 Å². The molecule has 0 atom stereocenters. The topological polar surface area (TPSA) is 129 Å². The summed E-state index contributed by atoms with van der Waals surface area (Å²) in [6, 6.07) is 0. The summed E-state index contributed by atoms with van der Waals surface area (Å²) in [7, 11) is 3.09. The summed E-state index contributed by atoms with van der Waals surface area (Å²) in [4.78, 5) is 38.2. The maximum Gasteiger partial charge on any atom is 0.267 e. The third kappa shape index (κ3) is 4.66. The van der Waals surface area contributed by atoms with E-state index in [4.69, 9.17) is 15.2 Å². The average molecular weight is 454 g/mol. The van der Waals surface area contributed by atoms with Gasteiger partial charge in [-0.2, -0.15) is 4.98 Å². The van der Waals surface area contributed by atoms with Gasteiger partial charge < -0.3 is 15.2 Å². The molecule has 3 aromatic rings. The number of aromatic nitrogens is 3. The molecule has 12 heteroatoms. The lowest BCUT2D eigenvalue weighted by Crippen LogP contribution is -2.12. The number of nitrogens with zero attached hydrogens (tertiary/aromatic N) is 3. The number of nitrogens with one attached hydrogen (secondary N) is 1. The first kappa shape index (κ1) is 21.4. The van der Waals surface area contributed by atoms with Gasteiger partial charge in [-0.3, -0.25) is 14.9 Å². The number of primary amides is 1. The number of fused-ring (bicyclic) bond motifs is 1. The molecule has 0 saturated carbocycles. The number of nitrogens with two attached hydrogens (primary N) is 1. The summed E-state index contributed by atoms with van der Waals surface area (Å²) in [6.07, 6.45) is 0. The molecule has 9 nitrogen and oxygen atoms in total. The van der Waals surface area contributed by atoms with Crippen molar-refractivity contribution in [2.45, 2.75) is 24.7 Å². The Hall–Kier alpha value is -2.28. The molecule has 0 bridgehead atoms. The first-order valence-electron chi connectivity index (χ1n) is 8.36. The largest absolute Gasteiger partial charge is 0.480 e. The number of hydrogen-bond acceptors (Lipinski definition) is 10. The van der Waals surface area contributed by atoms with Crippen molar-refractivity contribution in [1.82, 2.24) is 15.0 Å². The van der Waals surface area contributed by atoms with Crippen molar-refractivity contribution in [3.05, 3.63) is 22.0 Å². The smallest absolute Gasteiger partial charge is 0.267 e. The first-order chi connectivity index (χ1) is 13.8. The van der Waals surface area contributed by atoms with Gasteiger partial charge in [-0.05, 0) is 19.4 Å². The van der Waals surface area contributed by atoms with Crippen LogP contribution in [0.5, 0.6) is 5.88 Å². The van der Waals surface area contributed by atoms with Crippen molar-refractivity contribution in [3.8, 4) is 5.88 Å². The fraction of sp³-hybridized carbons (Fsp3) is 0.353. The third-order valence-electron chi connectivity index (χ3n) is 3.80. The van der Waals surface area contributed by atoms with Gasteiger partial charge >= 0.3 is 0 Å². The number of thioether (sulfide) groups is 1. The number of amides is 2. The zero-order chi connectivity index (χ0) is 21.1. The maximum absolute atomic E-state index is 12.9. The van der Waals surface area contributed by atoms with Crippen LogP contribution < -0.4 is 15.8 Å². The Morgan fingerprint density at radius 1 is 1.17 bits per heavy atom. The van der Waals surface area contributed by atoms with E-state index in [1.165, 1.54) is 41.5 Å². The summed E-state index contributed by atoms with van der Waals surface area (Å²) < 4.78 is 11.3. The third-order valence-corrected chi connectivity index (χ3v) is 7.44. The second kappa shape index (κ2) is 9.03. The van der Waals surface area contributed by atoms with Gasteiger partial charge in [0.1, 0.15) is 11.4 Å². The van der Waals surface area contributed by atoms with Crippen LogP contribution in [0.3, 0.4) is 0 Å². The number of thiophene rings is 1. The Kier molecular flexibility index (Phi) is 6.67. The molecular weight excluding hydrogens is 434 g/mol. The van der Waals surface area contributed by atoms with E-state index in [2.05, 4.69) is 20.3 Å². The number of carbonyl (C=O) groups is 2. The number of ether oxygens (including phenoxy) is 2. The van der Waals surface area contributed by atoms with Crippen molar-refractivity contribution in [2.24, 2.45) is 5.73 Å². The quantitative estimate of drug-likeness (QED) is 0.498. The number of thiazole rings is 1. The van der Waals surface area contributed by atoms with Crippen LogP contribution >= 0.6 is 34.4 Å². The lowest BCUT2D eigenvalue weighted by atomic mass is 10.2. The number of carbonyl (C=O) groups excluding carboxylic acids is 2. The van der Waals surface area contributed by atoms with Crippen molar-refractivity contribution in [3.63, 3.8) is 0 Å². The van der Waals surface area contributed by atoms with E-state index in [0.717, 1.165) is 15.5 Å². The average Bonchev–Trinajstić information content (AvgIpc) is 3.19. The second-order valence-corrected chi connectivity index (χ2v) is 9.16. The number of hydrogen-bond donors (Lipinski definition) is 2. The molecule has 0 radical (unpaired) electrons. The van der Waals surface area contributed by atoms with Gasteiger partial charge in [0, 0.05) is 7.11 Å². The minimum absolute atomic E-state index is 0.161. The summed E-state index contributed by atoms with van der Waals surface area (Å²) in [5.74, 6) is 0.355. The Balaban J connectivity index is 1.88. The summed E-state index contributed by atoms with van der Waals surface area (Å²) in [6.45, 7) is 3.89. The van der Waals surface area contributed by atoms with Gasteiger partial charge in [0.15, 0.2) is 11.0 Å². The van der Waals surface area contributed by atoms with Gasteiger partial charge in [0.05, 0.1) is 33.0 Å². The Morgan fingerprint density at radius 2 is 1.93 bits per heavy atom. The Bertz CT molecular complexity index is 1080. The van der Waals surface area contributed by atoms with Crippen LogP contribution in [0.4, 0.5) is 5.13 Å². The highest BCUT2D eigenvalue weighted by molar-refractivity contribution is 8.01. The van der Waals surface area contributed by atoms with Gasteiger partial charge in [-0.1, -0.05) is 11.3 Å². The van der Waals surface area contributed by atoms with Crippen LogP contribution in [0, 0.1) is 13.8 Å². The highest BCUT2D eigenvalue weighted by atomic mass is 32.2. The molecule has 2 amide bonds. The monoisotopic (exact) mass is 453 g/mol. The lowest BCUT2D eigenvalue weighted by molar-refractivity contribution is -0.115. The maximum atomic E-state index is 12.9. The minimum atomic E-state index is -0.405. The van der Waals surface area contributed by atoms with E-state index in [9.17, 15) is 9.59 Å². The molecule has 3 rings (SSSR count). The molecule has 0 aliphatic carbocycles. The number of rotatable bonds is 8. The molecule has 0 spiro atoms. The van der Waals surface area contributed by atoms with Crippen LogP contribution in [-0.2, 0) is 16.1 Å². The Labute approximate surface area is 179 Å². The van der Waals surface area contributed by atoms with Crippen LogP contribution in [0.1, 0.15) is 26.8 Å². The van der Waals surface area contributed by atoms with E-state index in [-0.39, 0.29) is 18.3 Å². The fourth-order valence-corrected chi connectivity index (χ4v) is 5.52. The first-order valence-corrected chi connectivity index (χ1v) is 11.0. The van der Waals surface area contributed by atoms with Crippen molar-refractivity contribution in [2.75, 3.05) is 25.3 Å². The predicted octanol–water partition coefficient (Wildman–Crippen LogP) is 2.75. The number of aryl methyl sites for hydroxylation is 2. The lowest BCUT2D eigenvalue weighted by Gasteiger charge is -2.05. The molecule has 0 fully saturated rings. The zero-order valence-electron chi connectivity index (χ0n) is 16.2. The predicted molar refractivity (Wildman–Crippen MR) is 114 cm³/mol. The second-order valence-electron chi connectivity index (χ2n) is 5.92. The van der Waals surface area contributed by atoms with Crippen molar-refractivity contribution < 1.29 is 19.1 Å². The molecule has 0 aromatic carbocycles. The molecule has 154 valence electrons. The summed E-state index contributed by atoms with van der Waals surface area (Å²) >= 11 is 3.86. The molecular formula is C17H19N5O4S3. The summed E-state index contributed by atoms with van der Waals surface area (Å²) in [5, 5.41) is 3.98. The van der Waals surface area contributed by atoms with E-state index in [0.29, 0.717) is 31.9 Å². The van der Waals surface area contributed by atoms with E-state index >= 15 is 0 Å². The highest BCUT2D eigenvalue weighted by Gasteiger charge is 2.22. The van der Waals surface area contributed by atoms with Gasteiger partial charge in [0.25, 0.3) is 5.91 Å². The molecule has 3 aromatic heterocycles. The van der Waals surface area contributed by atoms with Gasteiger partial charge in [0.2, 0.25) is 11.8 Å². The SMILES string of the molecule is COCc1nc(OC)c2c(C)c(C(=O)Nc3nc(C)c(SCC(N)=O)s3)sc2n1. The number of anilines is 1.